The number of hydrogen-bond donors (Lipinski definition) is 1. The normalized spacial score (nSPS) is 18.3. The Morgan fingerprint density at radius 2 is 2.05 bits per heavy atom. The van der Waals surface area contributed by atoms with Crippen LogP contribution in [0.1, 0.15) is 31.7 Å². The van der Waals surface area contributed by atoms with Gasteiger partial charge in [0.05, 0.1) is 6.07 Å². The molecule has 1 aliphatic rings. The fourth-order valence-corrected chi connectivity index (χ4v) is 2.87. The molecule has 0 bridgehead atoms. The molecule has 1 aliphatic carbocycles. The summed E-state index contributed by atoms with van der Waals surface area (Å²) in [7, 11) is 1.88. The molecule has 0 saturated heterocycles. The van der Waals surface area contributed by atoms with Crippen molar-refractivity contribution in [2.24, 2.45) is 5.92 Å². The molecule has 2 rings (SSSR count). The van der Waals surface area contributed by atoms with Crippen LogP contribution in [0.25, 0.3) is 0 Å². The predicted octanol–water partition coefficient (Wildman–Crippen LogP) is 2.75. The lowest BCUT2D eigenvalue weighted by atomic mass is 9.84. The fourth-order valence-electron chi connectivity index (χ4n) is 2.87. The number of nitriles is 1. The minimum atomic E-state index is -0.610. The first-order valence-corrected chi connectivity index (χ1v) is 7.62. The van der Waals surface area contributed by atoms with Gasteiger partial charge in [-0.2, -0.15) is 5.26 Å². The van der Waals surface area contributed by atoms with Crippen molar-refractivity contribution in [3.8, 4) is 6.07 Å². The van der Waals surface area contributed by atoms with E-state index in [1.165, 1.54) is 19.3 Å². The molecule has 0 heterocycles. The van der Waals surface area contributed by atoms with Gasteiger partial charge < -0.3 is 4.90 Å². The van der Waals surface area contributed by atoms with Gasteiger partial charge in [0.15, 0.2) is 0 Å². The van der Waals surface area contributed by atoms with Crippen LogP contribution in [-0.4, -0.2) is 31.6 Å². The molecule has 1 unspecified atom stereocenters. The summed E-state index contributed by atoms with van der Waals surface area (Å²) in [4.78, 5) is 2.41. The second-order valence-electron chi connectivity index (χ2n) is 5.76. The predicted molar refractivity (Wildman–Crippen MR) is 82.2 cm³/mol. The van der Waals surface area contributed by atoms with Gasteiger partial charge in [-0.15, -0.1) is 0 Å². The van der Waals surface area contributed by atoms with E-state index in [1.54, 1.807) is 0 Å². The highest BCUT2D eigenvalue weighted by atomic mass is 15.2. The van der Waals surface area contributed by atoms with E-state index >= 15 is 0 Å². The van der Waals surface area contributed by atoms with E-state index in [0.717, 1.165) is 31.1 Å². The second-order valence-corrected chi connectivity index (χ2v) is 5.76. The summed E-state index contributed by atoms with van der Waals surface area (Å²) in [6.45, 7) is 5.04. The van der Waals surface area contributed by atoms with Gasteiger partial charge in [0.25, 0.3) is 0 Å². The van der Waals surface area contributed by atoms with Crippen molar-refractivity contribution in [2.45, 2.75) is 31.7 Å². The molecule has 1 aromatic carbocycles. The van der Waals surface area contributed by atoms with Crippen LogP contribution in [0.4, 0.5) is 0 Å². The van der Waals surface area contributed by atoms with Crippen molar-refractivity contribution in [2.75, 3.05) is 26.7 Å². The van der Waals surface area contributed by atoms with Gasteiger partial charge >= 0.3 is 0 Å². The lowest BCUT2D eigenvalue weighted by molar-refractivity contribution is 0.157. The highest BCUT2D eigenvalue weighted by Crippen LogP contribution is 2.28. The number of rotatable bonds is 7. The lowest BCUT2D eigenvalue weighted by Crippen LogP contribution is -2.50. The summed E-state index contributed by atoms with van der Waals surface area (Å²) in [6.07, 6.45) is 4.07. The first-order chi connectivity index (χ1) is 9.74. The Kier molecular flexibility index (Phi) is 5.17. The van der Waals surface area contributed by atoms with Crippen LogP contribution in [0.3, 0.4) is 0 Å². The van der Waals surface area contributed by atoms with Crippen LogP contribution in [0, 0.1) is 17.2 Å². The van der Waals surface area contributed by atoms with Crippen LogP contribution < -0.4 is 5.32 Å². The zero-order chi connectivity index (χ0) is 14.4. The molecule has 108 valence electrons. The molecule has 1 saturated carbocycles. The average molecular weight is 271 g/mol. The quantitative estimate of drug-likeness (QED) is 0.829. The first kappa shape index (κ1) is 15.0. The number of nitrogens with zero attached hydrogens (tertiary/aromatic N) is 2. The van der Waals surface area contributed by atoms with E-state index in [0.29, 0.717) is 0 Å². The van der Waals surface area contributed by atoms with Gasteiger partial charge in [0.2, 0.25) is 0 Å². The lowest BCUT2D eigenvalue weighted by Gasteiger charge is -2.37. The average Bonchev–Trinajstić information content (AvgIpc) is 2.47. The van der Waals surface area contributed by atoms with Crippen LogP contribution in [0.5, 0.6) is 0 Å². The molecule has 1 aromatic rings. The maximum atomic E-state index is 9.74. The molecule has 1 atom stereocenters. The Bertz CT molecular complexity index is 447. The van der Waals surface area contributed by atoms with Crippen LogP contribution in [-0.2, 0) is 5.54 Å². The van der Waals surface area contributed by atoms with Crippen molar-refractivity contribution in [3.05, 3.63) is 35.9 Å². The summed E-state index contributed by atoms with van der Waals surface area (Å²) in [5.74, 6) is 0.832. The van der Waals surface area contributed by atoms with Gasteiger partial charge in [0.1, 0.15) is 5.54 Å². The molecule has 0 spiro atoms. The van der Waals surface area contributed by atoms with E-state index in [2.05, 4.69) is 23.2 Å². The topological polar surface area (TPSA) is 39.1 Å². The third kappa shape index (κ3) is 3.20. The third-order valence-corrected chi connectivity index (χ3v) is 4.53. The van der Waals surface area contributed by atoms with E-state index < -0.39 is 5.54 Å². The monoisotopic (exact) mass is 271 g/mol. The minimum Gasteiger partial charge on any atom is -0.300 e. The molecule has 0 aromatic heterocycles. The van der Waals surface area contributed by atoms with Gasteiger partial charge in [-0.3, -0.25) is 5.32 Å². The molecule has 3 nitrogen and oxygen atoms in total. The van der Waals surface area contributed by atoms with Crippen molar-refractivity contribution >= 4 is 0 Å². The Labute approximate surface area is 122 Å². The molecule has 1 fully saturated rings. The Balaban J connectivity index is 2.13. The Hall–Kier alpha value is -1.37. The van der Waals surface area contributed by atoms with Crippen LogP contribution in [0.15, 0.2) is 30.3 Å². The van der Waals surface area contributed by atoms with E-state index in [9.17, 15) is 5.26 Å². The molecule has 0 radical (unpaired) electrons. The SMILES string of the molecule is CCN(CC1CCC1)CC(C#N)(NC)c1ccccc1. The van der Waals surface area contributed by atoms with Gasteiger partial charge in [0, 0.05) is 13.1 Å². The molecule has 1 N–H and O–H groups in total. The number of hydrogen-bond acceptors (Lipinski definition) is 3. The standard InChI is InChI=1S/C17H25N3/c1-3-20(12-15-8-7-9-15)14-17(13-18,19-2)16-10-5-4-6-11-16/h4-6,10-11,15,19H,3,7-9,12,14H2,1-2H3. The highest BCUT2D eigenvalue weighted by molar-refractivity contribution is 5.31. The molecule has 0 amide bonds. The number of benzene rings is 1. The van der Waals surface area contributed by atoms with E-state index in [4.69, 9.17) is 0 Å². The number of nitrogens with one attached hydrogen (secondary N) is 1. The Morgan fingerprint density at radius 1 is 1.35 bits per heavy atom. The third-order valence-electron chi connectivity index (χ3n) is 4.53. The highest BCUT2D eigenvalue weighted by Gasteiger charge is 2.33. The molecule has 0 aliphatic heterocycles. The molecule has 3 heteroatoms. The van der Waals surface area contributed by atoms with Gasteiger partial charge in [-0.25, -0.2) is 0 Å². The zero-order valence-electron chi connectivity index (χ0n) is 12.6. The van der Waals surface area contributed by atoms with E-state index in [-0.39, 0.29) is 0 Å². The van der Waals surface area contributed by atoms with Gasteiger partial charge in [-0.05, 0) is 37.9 Å². The summed E-state index contributed by atoms with van der Waals surface area (Å²) in [5, 5.41) is 13.0. The fraction of sp³-hybridized carbons (Fsp3) is 0.588. The second kappa shape index (κ2) is 6.88. The smallest absolute Gasteiger partial charge is 0.144 e. The van der Waals surface area contributed by atoms with Crippen molar-refractivity contribution < 1.29 is 0 Å². The van der Waals surface area contributed by atoms with Crippen molar-refractivity contribution in [1.82, 2.24) is 10.2 Å². The maximum Gasteiger partial charge on any atom is 0.144 e. The largest absolute Gasteiger partial charge is 0.300 e. The van der Waals surface area contributed by atoms with E-state index in [1.807, 2.05) is 37.4 Å². The summed E-state index contributed by atoms with van der Waals surface area (Å²) < 4.78 is 0. The molecular weight excluding hydrogens is 246 g/mol. The number of likely N-dealkylation sites (N-methyl/N-ethyl adjacent to an activating group) is 2. The van der Waals surface area contributed by atoms with Gasteiger partial charge in [-0.1, -0.05) is 43.7 Å². The first-order valence-electron chi connectivity index (χ1n) is 7.62. The van der Waals surface area contributed by atoms with Crippen molar-refractivity contribution in [3.63, 3.8) is 0 Å². The molecule has 20 heavy (non-hydrogen) atoms. The summed E-state index contributed by atoms with van der Waals surface area (Å²) in [6, 6.07) is 12.6. The van der Waals surface area contributed by atoms with Crippen LogP contribution >= 0.6 is 0 Å². The van der Waals surface area contributed by atoms with Crippen LogP contribution in [0.2, 0.25) is 0 Å². The maximum absolute atomic E-state index is 9.74. The minimum absolute atomic E-state index is 0.610. The summed E-state index contributed by atoms with van der Waals surface area (Å²) >= 11 is 0. The summed E-state index contributed by atoms with van der Waals surface area (Å²) in [5.41, 5.74) is 0.443. The molecular formula is C17H25N3. The van der Waals surface area contributed by atoms with Crippen molar-refractivity contribution in [1.29, 1.82) is 5.26 Å². The Morgan fingerprint density at radius 3 is 2.50 bits per heavy atom. The zero-order valence-corrected chi connectivity index (χ0v) is 12.6.